The molecule has 0 spiro atoms. The summed E-state index contributed by atoms with van der Waals surface area (Å²) < 4.78 is 38.6. The van der Waals surface area contributed by atoms with E-state index in [4.69, 9.17) is 26.8 Å². The molecule has 2 aromatic carbocycles. The third-order valence-electron chi connectivity index (χ3n) is 6.36. The Balaban J connectivity index is 1.22. The molecule has 34 heavy (non-hydrogen) atoms. The number of nitrogen functional groups attached to an aromatic ring is 1. The van der Waals surface area contributed by atoms with Crippen LogP contribution in [0, 0.1) is 5.92 Å². The molecule has 0 amide bonds. The van der Waals surface area contributed by atoms with Crippen LogP contribution in [-0.2, 0) is 10.0 Å². The predicted octanol–water partition coefficient (Wildman–Crippen LogP) is 3.35. The second-order valence-electron chi connectivity index (χ2n) is 8.63. The second-order valence-corrected chi connectivity index (χ2v) is 10.8. The van der Waals surface area contributed by atoms with E-state index >= 15 is 0 Å². The van der Waals surface area contributed by atoms with Crippen LogP contribution in [-0.4, -0.2) is 58.5 Å². The second kappa shape index (κ2) is 10.9. The lowest BCUT2D eigenvalue weighted by molar-refractivity contribution is 0.0952. The van der Waals surface area contributed by atoms with E-state index in [2.05, 4.69) is 9.62 Å². The highest BCUT2D eigenvalue weighted by Gasteiger charge is 2.26. The molecule has 184 valence electrons. The van der Waals surface area contributed by atoms with E-state index in [1.165, 1.54) is 0 Å². The van der Waals surface area contributed by atoms with Crippen molar-refractivity contribution in [3.05, 3.63) is 47.0 Å². The number of ketones is 1. The number of likely N-dealkylation sites (tertiary alicyclic amines) is 1. The monoisotopic (exact) mass is 507 g/mol. The number of piperidine rings is 1. The van der Waals surface area contributed by atoms with Crippen LogP contribution in [0.1, 0.15) is 36.0 Å². The number of halogens is 1. The number of fused-ring (bicyclic) bond motifs is 1. The number of carbonyl (C=O) groups excluding carboxylic acids is 1. The van der Waals surface area contributed by atoms with Crippen LogP contribution in [0.15, 0.2) is 41.3 Å². The number of hydrogen-bond donors (Lipinski definition) is 2. The molecule has 0 atom stereocenters. The molecule has 3 N–H and O–H groups in total. The molecule has 1 fully saturated rings. The van der Waals surface area contributed by atoms with Crippen molar-refractivity contribution in [1.29, 1.82) is 0 Å². The van der Waals surface area contributed by atoms with Gasteiger partial charge in [0.05, 0.1) is 21.2 Å². The quantitative estimate of drug-likeness (QED) is 0.395. The summed E-state index contributed by atoms with van der Waals surface area (Å²) in [5.41, 5.74) is 6.70. The summed E-state index contributed by atoms with van der Waals surface area (Å²) in [6.45, 7) is 3.53. The third-order valence-corrected chi connectivity index (χ3v) is 8.15. The number of Topliss-reactive ketones (excluding diaryl/α,β-unsaturated/α-hetero) is 1. The van der Waals surface area contributed by atoms with Gasteiger partial charge in [-0.2, -0.15) is 0 Å². The Morgan fingerprint density at radius 2 is 1.79 bits per heavy atom. The first-order valence-corrected chi connectivity index (χ1v) is 13.4. The summed E-state index contributed by atoms with van der Waals surface area (Å²) in [6, 6.07) is 9.96. The van der Waals surface area contributed by atoms with E-state index in [0.717, 1.165) is 32.4 Å². The van der Waals surface area contributed by atoms with Gasteiger partial charge in [-0.05, 0) is 56.5 Å². The molecule has 4 rings (SSSR count). The average Bonchev–Trinajstić information content (AvgIpc) is 2.86. The number of rotatable bonds is 9. The molecule has 0 unspecified atom stereocenters. The number of ether oxygens (including phenoxy) is 2. The van der Waals surface area contributed by atoms with Crippen LogP contribution >= 0.6 is 11.6 Å². The van der Waals surface area contributed by atoms with Crippen LogP contribution < -0.4 is 19.9 Å². The van der Waals surface area contributed by atoms with Crippen molar-refractivity contribution in [2.75, 3.05) is 45.1 Å². The minimum absolute atomic E-state index is 0.0265. The number of carbonyl (C=O) groups is 1. The van der Waals surface area contributed by atoms with E-state index < -0.39 is 10.0 Å². The van der Waals surface area contributed by atoms with Gasteiger partial charge < -0.3 is 20.1 Å². The fourth-order valence-corrected chi connectivity index (χ4v) is 5.63. The molecule has 8 nitrogen and oxygen atoms in total. The molecule has 2 aromatic rings. The molecular formula is C24H30ClN3O5S. The summed E-state index contributed by atoms with van der Waals surface area (Å²) >= 11 is 6.20. The van der Waals surface area contributed by atoms with Gasteiger partial charge in [0.15, 0.2) is 17.3 Å². The summed E-state index contributed by atoms with van der Waals surface area (Å²) in [4.78, 5) is 15.5. The Kier molecular flexibility index (Phi) is 7.98. The molecule has 0 aromatic heterocycles. The Morgan fingerprint density at radius 3 is 2.50 bits per heavy atom. The SMILES string of the molecule is Nc1c(Cl)cc(C(=O)CCC2CCN(CCNS(=O)(=O)c3ccccc3)CC2)c2c1OCCO2. The topological polar surface area (TPSA) is 111 Å². The van der Waals surface area contributed by atoms with Gasteiger partial charge in [-0.15, -0.1) is 0 Å². The first-order chi connectivity index (χ1) is 16.3. The van der Waals surface area contributed by atoms with Crippen LogP contribution in [0.5, 0.6) is 11.5 Å². The van der Waals surface area contributed by atoms with Crippen molar-refractivity contribution in [2.45, 2.75) is 30.6 Å². The van der Waals surface area contributed by atoms with Crippen molar-refractivity contribution in [3.8, 4) is 11.5 Å². The lowest BCUT2D eigenvalue weighted by Gasteiger charge is -2.32. The maximum atomic E-state index is 12.9. The van der Waals surface area contributed by atoms with E-state index in [1.807, 2.05) is 0 Å². The fraction of sp³-hybridized carbons (Fsp3) is 0.458. The molecule has 1 saturated heterocycles. The van der Waals surface area contributed by atoms with Crippen molar-refractivity contribution in [2.24, 2.45) is 5.92 Å². The van der Waals surface area contributed by atoms with Crippen molar-refractivity contribution < 1.29 is 22.7 Å². The normalized spacial score (nSPS) is 17.0. The number of nitrogens with two attached hydrogens (primary N) is 1. The Morgan fingerprint density at radius 1 is 1.12 bits per heavy atom. The predicted molar refractivity (Wildman–Crippen MR) is 131 cm³/mol. The van der Waals surface area contributed by atoms with Gasteiger partial charge >= 0.3 is 0 Å². The van der Waals surface area contributed by atoms with Crippen LogP contribution in [0.4, 0.5) is 5.69 Å². The molecule has 10 heteroatoms. The number of benzene rings is 2. The van der Waals surface area contributed by atoms with Gasteiger partial charge in [0, 0.05) is 19.5 Å². The molecule has 0 aliphatic carbocycles. The van der Waals surface area contributed by atoms with Gasteiger partial charge in [-0.1, -0.05) is 29.8 Å². The zero-order chi connectivity index (χ0) is 24.1. The molecule has 2 heterocycles. The number of nitrogens with zero attached hydrogens (tertiary/aromatic N) is 1. The average molecular weight is 508 g/mol. The largest absolute Gasteiger partial charge is 0.485 e. The minimum Gasteiger partial charge on any atom is -0.485 e. The molecule has 2 aliphatic heterocycles. The molecular weight excluding hydrogens is 478 g/mol. The van der Waals surface area contributed by atoms with Crippen LogP contribution in [0.25, 0.3) is 0 Å². The summed E-state index contributed by atoms with van der Waals surface area (Å²) in [5.74, 6) is 1.17. The fourth-order valence-electron chi connectivity index (χ4n) is 4.39. The van der Waals surface area contributed by atoms with Crippen molar-refractivity contribution in [1.82, 2.24) is 9.62 Å². The van der Waals surface area contributed by atoms with Gasteiger partial charge in [0.25, 0.3) is 0 Å². The number of anilines is 1. The highest BCUT2D eigenvalue weighted by Crippen LogP contribution is 2.43. The van der Waals surface area contributed by atoms with Gasteiger partial charge in [-0.3, -0.25) is 4.79 Å². The first-order valence-electron chi connectivity index (χ1n) is 11.5. The Labute approximate surface area is 205 Å². The summed E-state index contributed by atoms with van der Waals surface area (Å²) in [7, 11) is -3.48. The number of hydrogen-bond acceptors (Lipinski definition) is 7. The van der Waals surface area contributed by atoms with Crippen LogP contribution in [0.3, 0.4) is 0 Å². The highest BCUT2D eigenvalue weighted by atomic mass is 35.5. The molecule has 0 bridgehead atoms. The van der Waals surface area contributed by atoms with Crippen molar-refractivity contribution >= 4 is 33.1 Å². The van der Waals surface area contributed by atoms with Crippen molar-refractivity contribution in [3.63, 3.8) is 0 Å². The zero-order valence-corrected chi connectivity index (χ0v) is 20.5. The smallest absolute Gasteiger partial charge is 0.240 e. The van der Waals surface area contributed by atoms with E-state index in [0.29, 0.717) is 66.4 Å². The molecule has 0 radical (unpaired) electrons. The Hall–Kier alpha value is -2.33. The van der Waals surface area contributed by atoms with Gasteiger partial charge in [-0.25, -0.2) is 13.1 Å². The standard InChI is InChI=1S/C24H30ClN3O5S/c25-20-16-19(23-24(22(20)26)33-15-14-32-23)21(29)7-6-17-8-11-28(12-9-17)13-10-27-34(30,31)18-4-2-1-3-5-18/h1-5,16-17,27H,6-15,26H2. The minimum atomic E-state index is -3.48. The molecule has 2 aliphatic rings. The molecule has 0 saturated carbocycles. The first kappa shape index (κ1) is 24.8. The van der Waals surface area contributed by atoms with Gasteiger partial charge in [0.1, 0.15) is 13.2 Å². The van der Waals surface area contributed by atoms with E-state index in [1.54, 1.807) is 36.4 Å². The Bertz CT molecular complexity index is 1120. The maximum absolute atomic E-state index is 12.9. The third kappa shape index (κ3) is 5.83. The lowest BCUT2D eigenvalue weighted by Crippen LogP contribution is -2.39. The zero-order valence-electron chi connectivity index (χ0n) is 19.0. The lowest BCUT2D eigenvalue weighted by atomic mass is 9.90. The van der Waals surface area contributed by atoms with Crippen LogP contribution in [0.2, 0.25) is 5.02 Å². The summed E-state index contributed by atoms with van der Waals surface area (Å²) in [6.07, 6.45) is 3.13. The highest BCUT2D eigenvalue weighted by molar-refractivity contribution is 7.89. The van der Waals surface area contributed by atoms with E-state index in [9.17, 15) is 13.2 Å². The van der Waals surface area contributed by atoms with Gasteiger partial charge in [0.2, 0.25) is 10.0 Å². The number of nitrogens with one attached hydrogen (secondary N) is 1. The summed E-state index contributed by atoms with van der Waals surface area (Å²) in [5, 5.41) is 0.295. The van der Waals surface area contributed by atoms with E-state index in [-0.39, 0.29) is 10.7 Å². The number of sulfonamides is 1. The maximum Gasteiger partial charge on any atom is 0.240 e.